The zero-order valence-electron chi connectivity index (χ0n) is 22.0. The highest BCUT2D eigenvalue weighted by atomic mass is 32.2. The van der Waals surface area contributed by atoms with Gasteiger partial charge in [-0.1, -0.05) is 42.1 Å². The van der Waals surface area contributed by atoms with Gasteiger partial charge in [0, 0.05) is 27.9 Å². The molecule has 0 aliphatic carbocycles. The Morgan fingerprint density at radius 3 is 2.57 bits per heavy atom. The number of H-pyrrole nitrogens is 1. The van der Waals surface area contributed by atoms with Gasteiger partial charge in [-0.2, -0.15) is 22.0 Å². The van der Waals surface area contributed by atoms with E-state index >= 15 is 0 Å². The van der Waals surface area contributed by atoms with Gasteiger partial charge in [-0.25, -0.2) is 0 Å². The lowest BCUT2D eigenvalue weighted by atomic mass is 9.95. The zero-order valence-corrected chi connectivity index (χ0v) is 22.9. The molecule has 3 heterocycles. The maximum absolute atomic E-state index is 14.0. The number of benzene rings is 3. The van der Waals surface area contributed by atoms with Crippen molar-refractivity contribution in [3.63, 3.8) is 0 Å². The van der Waals surface area contributed by atoms with E-state index in [1.807, 2.05) is 12.1 Å². The second kappa shape index (κ2) is 10.9. The summed E-state index contributed by atoms with van der Waals surface area (Å²) in [7, 11) is 1.56. The minimum atomic E-state index is -4.61. The van der Waals surface area contributed by atoms with Crippen LogP contribution in [0.3, 0.4) is 0 Å². The first-order valence-corrected chi connectivity index (χ1v) is 13.8. The van der Waals surface area contributed by atoms with Crippen molar-refractivity contribution in [3.8, 4) is 17.1 Å². The van der Waals surface area contributed by atoms with E-state index in [-0.39, 0.29) is 45.8 Å². The molecule has 5 nitrogen and oxygen atoms in total. The first-order valence-electron chi connectivity index (χ1n) is 13.0. The number of nitrogens with zero attached hydrogens (tertiary/aromatic N) is 1. The molecular weight excluding hydrogens is 575 g/mol. The van der Waals surface area contributed by atoms with Crippen molar-refractivity contribution in [2.75, 3.05) is 13.7 Å². The SMILES string of the molecule is COc1ccc2[nH]c3c(c2c1)CCN(C(=O)c1ccccc1SC(F)F)[C@H]3c1ccc(-c2ccccc2C(F)(F)F)o1. The summed E-state index contributed by atoms with van der Waals surface area (Å²) in [5.74, 6) is -2.37. The van der Waals surface area contributed by atoms with E-state index in [0.717, 1.165) is 22.5 Å². The summed E-state index contributed by atoms with van der Waals surface area (Å²) in [5.41, 5.74) is 1.43. The molecule has 1 aliphatic rings. The predicted molar refractivity (Wildman–Crippen MR) is 149 cm³/mol. The van der Waals surface area contributed by atoms with Crippen molar-refractivity contribution in [2.24, 2.45) is 0 Å². The van der Waals surface area contributed by atoms with Crippen molar-refractivity contribution >= 4 is 28.6 Å². The van der Waals surface area contributed by atoms with Gasteiger partial charge in [0.15, 0.2) is 0 Å². The summed E-state index contributed by atoms with van der Waals surface area (Å²) in [6, 6.07) is 18.9. The molecule has 216 valence electrons. The third kappa shape index (κ3) is 5.02. The quantitative estimate of drug-likeness (QED) is 0.157. The summed E-state index contributed by atoms with van der Waals surface area (Å²) in [6.07, 6.45) is -4.16. The van der Waals surface area contributed by atoms with E-state index in [9.17, 15) is 26.7 Å². The second-order valence-corrected chi connectivity index (χ2v) is 10.7. The molecule has 0 fully saturated rings. The molecular formula is C31H23F5N2O3S. The second-order valence-electron chi connectivity index (χ2n) is 9.70. The number of thioether (sulfide) groups is 1. The van der Waals surface area contributed by atoms with E-state index in [1.165, 1.54) is 41.3 Å². The number of carbonyl (C=O) groups is 1. The average Bonchev–Trinajstić information content (AvgIpc) is 3.60. The van der Waals surface area contributed by atoms with Gasteiger partial charge in [-0.05, 0) is 60.5 Å². The number of aromatic nitrogens is 1. The number of methoxy groups -OCH3 is 1. The Morgan fingerprint density at radius 1 is 1.05 bits per heavy atom. The van der Waals surface area contributed by atoms with E-state index in [0.29, 0.717) is 17.9 Å². The van der Waals surface area contributed by atoms with Crippen molar-refractivity contribution < 1.29 is 35.9 Å². The Morgan fingerprint density at radius 2 is 1.81 bits per heavy atom. The number of hydrogen-bond acceptors (Lipinski definition) is 4. The van der Waals surface area contributed by atoms with E-state index in [4.69, 9.17) is 9.15 Å². The van der Waals surface area contributed by atoms with E-state index < -0.39 is 29.4 Å². The first kappa shape index (κ1) is 27.9. The minimum absolute atomic E-state index is 0.0103. The number of fused-ring (bicyclic) bond motifs is 3. The van der Waals surface area contributed by atoms with Crippen LogP contribution in [0.4, 0.5) is 22.0 Å². The van der Waals surface area contributed by atoms with E-state index in [1.54, 1.807) is 31.4 Å². The van der Waals surface area contributed by atoms with Crippen LogP contribution in [0, 0.1) is 0 Å². The van der Waals surface area contributed by atoms with Crippen LogP contribution >= 0.6 is 11.8 Å². The summed E-state index contributed by atoms with van der Waals surface area (Å²) in [5, 5.41) is 0.879. The number of rotatable bonds is 6. The van der Waals surface area contributed by atoms with Crippen LogP contribution < -0.4 is 4.74 Å². The third-order valence-electron chi connectivity index (χ3n) is 7.32. The fourth-order valence-corrected chi connectivity index (χ4v) is 6.13. The Labute approximate surface area is 241 Å². The van der Waals surface area contributed by atoms with Gasteiger partial charge < -0.3 is 19.0 Å². The van der Waals surface area contributed by atoms with Crippen LogP contribution in [-0.4, -0.2) is 35.2 Å². The predicted octanol–water partition coefficient (Wildman–Crippen LogP) is 8.56. The number of hydrogen-bond donors (Lipinski definition) is 1. The molecule has 42 heavy (non-hydrogen) atoms. The standard InChI is InChI=1S/C31H23F5N2O3S/c1-40-17-10-11-23-21(16-17)18-14-15-38(29(39)20-7-3-5-9-26(20)42-30(32)33)28(27(18)37-23)25-13-12-24(41-25)19-6-2-4-8-22(19)31(34,35)36/h2-13,16,28,30,37H,14-15H2,1H3/t28-/m0/s1. The van der Waals surface area contributed by atoms with Crippen LogP contribution in [0.5, 0.6) is 5.75 Å². The van der Waals surface area contributed by atoms with Crippen LogP contribution in [0.2, 0.25) is 0 Å². The summed E-state index contributed by atoms with van der Waals surface area (Å²) in [4.78, 5) is 19.0. The lowest BCUT2D eigenvalue weighted by Gasteiger charge is -2.35. The molecule has 6 rings (SSSR count). The van der Waals surface area contributed by atoms with Gasteiger partial charge in [0.1, 0.15) is 23.3 Å². The van der Waals surface area contributed by atoms with Crippen molar-refractivity contribution in [2.45, 2.75) is 29.3 Å². The molecule has 1 atom stereocenters. The zero-order chi connectivity index (χ0) is 29.6. The molecule has 1 aliphatic heterocycles. The van der Waals surface area contributed by atoms with Crippen LogP contribution in [0.25, 0.3) is 22.2 Å². The van der Waals surface area contributed by atoms with Crippen LogP contribution in [0.1, 0.15) is 39.0 Å². The fourth-order valence-electron chi connectivity index (χ4n) is 5.50. The number of alkyl halides is 5. The summed E-state index contributed by atoms with van der Waals surface area (Å²) in [6.45, 7) is 0.212. The number of halogens is 5. The summed E-state index contributed by atoms with van der Waals surface area (Å²) >= 11 is 0.281. The van der Waals surface area contributed by atoms with Gasteiger partial charge in [0.25, 0.3) is 11.7 Å². The fraction of sp³-hybridized carbons (Fsp3) is 0.194. The largest absolute Gasteiger partial charge is 0.497 e. The molecule has 1 N–H and O–H groups in total. The Balaban J connectivity index is 1.49. The molecule has 0 unspecified atom stereocenters. The van der Waals surface area contributed by atoms with Crippen LogP contribution in [-0.2, 0) is 12.6 Å². The minimum Gasteiger partial charge on any atom is -0.497 e. The number of ether oxygens (including phenoxy) is 1. The average molecular weight is 599 g/mol. The number of carbonyl (C=O) groups excluding carboxylic acids is 1. The van der Waals surface area contributed by atoms with Gasteiger partial charge in [0.05, 0.1) is 23.9 Å². The molecule has 2 aromatic heterocycles. The third-order valence-corrected chi connectivity index (χ3v) is 8.11. The van der Waals surface area contributed by atoms with Crippen molar-refractivity contribution in [1.29, 1.82) is 0 Å². The number of furan rings is 1. The lowest BCUT2D eigenvalue weighted by Crippen LogP contribution is -2.40. The topological polar surface area (TPSA) is 58.5 Å². The molecule has 5 aromatic rings. The molecule has 0 radical (unpaired) electrons. The van der Waals surface area contributed by atoms with E-state index in [2.05, 4.69) is 4.98 Å². The molecule has 0 saturated carbocycles. The highest BCUT2D eigenvalue weighted by Gasteiger charge is 2.39. The van der Waals surface area contributed by atoms with Gasteiger partial charge in [-0.15, -0.1) is 0 Å². The Kier molecular flexibility index (Phi) is 7.22. The van der Waals surface area contributed by atoms with Crippen molar-refractivity contribution in [1.82, 2.24) is 9.88 Å². The maximum atomic E-state index is 14.0. The van der Waals surface area contributed by atoms with Gasteiger partial charge >= 0.3 is 6.18 Å². The first-order chi connectivity index (χ1) is 20.2. The number of amides is 1. The molecule has 0 bridgehead atoms. The number of nitrogens with one attached hydrogen (secondary N) is 1. The molecule has 3 aromatic carbocycles. The van der Waals surface area contributed by atoms with Gasteiger partial charge in [0.2, 0.25) is 0 Å². The monoisotopic (exact) mass is 598 g/mol. The molecule has 1 amide bonds. The molecule has 0 saturated heterocycles. The van der Waals surface area contributed by atoms with Gasteiger partial charge in [-0.3, -0.25) is 4.79 Å². The highest BCUT2D eigenvalue weighted by Crippen LogP contribution is 2.44. The Hall–Kier alpha value is -4.25. The summed E-state index contributed by atoms with van der Waals surface area (Å²) < 4.78 is 79.5. The maximum Gasteiger partial charge on any atom is 0.417 e. The lowest BCUT2D eigenvalue weighted by molar-refractivity contribution is -0.137. The normalized spacial score (nSPS) is 15.3. The molecule has 11 heteroatoms. The Bertz CT molecular complexity index is 1780. The molecule has 0 spiro atoms. The number of aromatic amines is 1. The van der Waals surface area contributed by atoms with Crippen LogP contribution in [0.15, 0.2) is 88.2 Å². The smallest absolute Gasteiger partial charge is 0.417 e. The van der Waals surface area contributed by atoms with Crippen molar-refractivity contribution in [3.05, 3.63) is 107 Å². The highest BCUT2D eigenvalue weighted by molar-refractivity contribution is 7.99.